The Kier molecular flexibility index (Phi) is 4.20. The molecule has 0 amide bonds. The Morgan fingerprint density at radius 3 is 2.95 bits per heavy atom. The predicted octanol–water partition coefficient (Wildman–Crippen LogP) is 2.47. The first kappa shape index (κ1) is 14.0. The first-order valence-electron chi connectivity index (χ1n) is 6.94. The van der Waals surface area contributed by atoms with Crippen molar-refractivity contribution in [1.29, 1.82) is 0 Å². The molecule has 0 radical (unpaired) electrons. The van der Waals surface area contributed by atoms with Crippen molar-refractivity contribution in [1.82, 2.24) is 9.88 Å². The molecule has 2 heterocycles. The molecule has 2 rings (SSSR count). The van der Waals surface area contributed by atoms with E-state index in [0.717, 1.165) is 43.7 Å². The maximum absolute atomic E-state index is 11.5. The Hall–Kier alpha value is -1.42. The Morgan fingerprint density at radius 2 is 2.32 bits per heavy atom. The molecule has 1 aliphatic heterocycles. The van der Waals surface area contributed by atoms with E-state index in [-0.39, 0.29) is 0 Å². The minimum atomic E-state index is -0.644. The van der Waals surface area contributed by atoms with Crippen molar-refractivity contribution in [3.8, 4) is 0 Å². The summed E-state index contributed by atoms with van der Waals surface area (Å²) in [6.45, 7) is 6.27. The lowest BCUT2D eigenvalue weighted by Crippen LogP contribution is -2.34. The first-order valence-corrected chi connectivity index (χ1v) is 6.94. The third-order valence-electron chi connectivity index (χ3n) is 3.95. The van der Waals surface area contributed by atoms with Crippen molar-refractivity contribution in [3.63, 3.8) is 0 Å². The fourth-order valence-corrected chi connectivity index (χ4v) is 2.97. The predicted molar refractivity (Wildman–Crippen MR) is 73.8 cm³/mol. The molecule has 1 aliphatic rings. The molecule has 1 saturated heterocycles. The van der Waals surface area contributed by atoms with Gasteiger partial charge in [0.25, 0.3) is 0 Å². The van der Waals surface area contributed by atoms with Crippen LogP contribution in [0.3, 0.4) is 0 Å². The summed E-state index contributed by atoms with van der Waals surface area (Å²) in [5, 5.41) is 9.48. The molecule has 1 fully saturated rings. The lowest BCUT2D eigenvalue weighted by atomic mass is 9.83. The van der Waals surface area contributed by atoms with E-state index in [4.69, 9.17) is 0 Å². The van der Waals surface area contributed by atoms with Crippen LogP contribution in [0.2, 0.25) is 0 Å². The number of rotatable bonds is 5. The summed E-state index contributed by atoms with van der Waals surface area (Å²) >= 11 is 0. The number of hydrogen-bond donors (Lipinski definition) is 1. The fourth-order valence-electron chi connectivity index (χ4n) is 2.97. The number of hydrogen-bond acceptors (Lipinski definition) is 3. The van der Waals surface area contributed by atoms with Crippen LogP contribution in [-0.2, 0) is 11.3 Å². The largest absolute Gasteiger partial charge is 0.481 e. The lowest BCUT2D eigenvalue weighted by molar-refractivity contribution is -0.148. The quantitative estimate of drug-likeness (QED) is 0.885. The first-order chi connectivity index (χ1) is 9.05. The molecule has 1 aromatic rings. The fraction of sp³-hybridized carbons (Fsp3) is 0.600. The third kappa shape index (κ3) is 3.13. The number of aryl methyl sites for hydroxylation is 1. The highest BCUT2D eigenvalue weighted by molar-refractivity contribution is 5.75. The van der Waals surface area contributed by atoms with Gasteiger partial charge in [-0.1, -0.05) is 19.4 Å². The van der Waals surface area contributed by atoms with Gasteiger partial charge < -0.3 is 5.11 Å². The number of carbonyl (C=O) groups is 1. The minimum Gasteiger partial charge on any atom is -0.481 e. The van der Waals surface area contributed by atoms with E-state index in [0.29, 0.717) is 6.54 Å². The molecule has 0 aliphatic carbocycles. The molecule has 4 heteroatoms. The van der Waals surface area contributed by atoms with Gasteiger partial charge in [0.15, 0.2) is 0 Å². The van der Waals surface area contributed by atoms with Gasteiger partial charge in [-0.15, -0.1) is 0 Å². The van der Waals surface area contributed by atoms with Crippen LogP contribution < -0.4 is 0 Å². The Balaban J connectivity index is 2.03. The van der Waals surface area contributed by atoms with Crippen molar-refractivity contribution in [3.05, 3.63) is 29.6 Å². The normalized spacial score (nSPS) is 23.7. The monoisotopic (exact) mass is 262 g/mol. The highest BCUT2D eigenvalue weighted by Gasteiger charge is 2.43. The summed E-state index contributed by atoms with van der Waals surface area (Å²) < 4.78 is 0. The highest BCUT2D eigenvalue weighted by Crippen LogP contribution is 2.36. The zero-order valence-corrected chi connectivity index (χ0v) is 11.7. The molecular weight excluding hydrogens is 240 g/mol. The second kappa shape index (κ2) is 5.70. The SMILES string of the molecule is CCCC1(C(=O)O)CCN(Cc2cccc(C)n2)C1. The van der Waals surface area contributed by atoms with Crippen LogP contribution in [0.25, 0.3) is 0 Å². The standard InChI is InChI=1S/C15H22N2O2/c1-3-7-15(14(18)19)8-9-17(11-15)10-13-6-4-5-12(2)16-13/h4-6H,3,7-11H2,1-2H3,(H,18,19). The van der Waals surface area contributed by atoms with E-state index in [9.17, 15) is 9.90 Å². The molecule has 0 bridgehead atoms. The van der Waals surface area contributed by atoms with Crippen molar-refractivity contribution in [2.24, 2.45) is 5.41 Å². The van der Waals surface area contributed by atoms with Gasteiger partial charge in [-0.2, -0.15) is 0 Å². The molecule has 4 nitrogen and oxygen atoms in total. The molecule has 1 atom stereocenters. The maximum Gasteiger partial charge on any atom is 0.310 e. The Labute approximate surface area is 114 Å². The van der Waals surface area contributed by atoms with Crippen molar-refractivity contribution in [2.75, 3.05) is 13.1 Å². The molecule has 0 spiro atoms. The molecule has 104 valence electrons. The van der Waals surface area contributed by atoms with Crippen LogP contribution in [-0.4, -0.2) is 34.0 Å². The van der Waals surface area contributed by atoms with Gasteiger partial charge in [-0.25, -0.2) is 0 Å². The van der Waals surface area contributed by atoms with Gasteiger partial charge in [-0.3, -0.25) is 14.7 Å². The molecule has 0 aromatic carbocycles. The maximum atomic E-state index is 11.5. The molecule has 0 saturated carbocycles. The zero-order valence-electron chi connectivity index (χ0n) is 11.7. The van der Waals surface area contributed by atoms with E-state index in [1.165, 1.54) is 0 Å². The number of pyridine rings is 1. The van der Waals surface area contributed by atoms with Gasteiger partial charge in [0.05, 0.1) is 11.1 Å². The Morgan fingerprint density at radius 1 is 1.53 bits per heavy atom. The van der Waals surface area contributed by atoms with E-state index in [2.05, 4.69) is 16.8 Å². The van der Waals surface area contributed by atoms with Crippen LogP contribution in [0.15, 0.2) is 18.2 Å². The summed E-state index contributed by atoms with van der Waals surface area (Å²) in [6, 6.07) is 5.99. The van der Waals surface area contributed by atoms with Crippen LogP contribution >= 0.6 is 0 Å². The van der Waals surface area contributed by atoms with Gasteiger partial charge in [0, 0.05) is 18.8 Å². The van der Waals surface area contributed by atoms with E-state index < -0.39 is 11.4 Å². The van der Waals surface area contributed by atoms with Gasteiger partial charge in [-0.05, 0) is 38.4 Å². The Bertz CT molecular complexity index is 461. The minimum absolute atomic E-state index is 0.543. The highest BCUT2D eigenvalue weighted by atomic mass is 16.4. The zero-order chi connectivity index (χ0) is 13.9. The van der Waals surface area contributed by atoms with Crippen molar-refractivity contribution in [2.45, 2.75) is 39.7 Å². The van der Waals surface area contributed by atoms with Gasteiger partial charge >= 0.3 is 5.97 Å². The van der Waals surface area contributed by atoms with Crippen LogP contribution in [0.4, 0.5) is 0 Å². The second-order valence-corrected chi connectivity index (χ2v) is 5.57. The number of aliphatic carboxylic acids is 1. The molecule has 19 heavy (non-hydrogen) atoms. The van der Waals surface area contributed by atoms with Crippen LogP contribution in [0.5, 0.6) is 0 Å². The number of aromatic nitrogens is 1. The van der Waals surface area contributed by atoms with Crippen LogP contribution in [0.1, 0.15) is 37.6 Å². The van der Waals surface area contributed by atoms with E-state index in [1.54, 1.807) is 0 Å². The van der Waals surface area contributed by atoms with Gasteiger partial charge in [0.1, 0.15) is 0 Å². The summed E-state index contributed by atoms with van der Waals surface area (Å²) in [5.41, 5.74) is 1.49. The molecular formula is C15H22N2O2. The van der Waals surface area contributed by atoms with E-state index in [1.807, 2.05) is 25.1 Å². The van der Waals surface area contributed by atoms with Crippen LogP contribution in [0, 0.1) is 12.3 Å². The summed E-state index contributed by atoms with van der Waals surface area (Å²) in [7, 11) is 0. The van der Waals surface area contributed by atoms with Crippen molar-refractivity contribution < 1.29 is 9.90 Å². The van der Waals surface area contributed by atoms with Crippen molar-refractivity contribution >= 4 is 5.97 Å². The lowest BCUT2D eigenvalue weighted by Gasteiger charge is -2.24. The number of likely N-dealkylation sites (tertiary alicyclic amines) is 1. The van der Waals surface area contributed by atoms with E-state index >= 15 is 0 Å². The topological polar surface area (TPSA) is 53.4 Å². The average molecular weight is 262 g/mol. The smallest absolute Gasteiger partial charge is 0.310 e. The average Bonchev–Trinajstić information content (AvgIpc) is 2.74. The number of nitrogens with zero attached hydrogens (tertiary/aromatic N) is 2. The van der Waals surface area contributed by atoms with Gasteiger partial charge in [0.2, 0.25) is 0 Å². The summed E-state index contributed by atoms with van der Waals surface area (Å²) in [5.74, 6) is -0.644. The number of carboxylic acids is 1. The third-order valence-corrected chi connectivity index (χ3v) is 3.95. The number of carboxylic acid groups (broad SMARTS) is 1. The second-order valence-electron chi connectivity index (χ2n) is 5.57. The molecule has 1 N–H and O–H groups in total. The summed E-state index contributed by atoms with van der Waals surface area (Å²) in [6.07, 6.45) is 2.44. The molecule has 1 aromatic heterocycles. The molecule has 1 unspecified atom stereocenters. The summed E-state index contributed by atoms with van der Waals surface area (Å²) in [4.78, 5) is 18.2.